The molecule has 0 aliphatic carbocycles. The molecule has 25 heavy (non-hydrogen) atoms. The number of hydrogen-bond acceptors (Lipinski definition) is 2. The summed E-state index contributed by atoms with van der Waals surface area (Å²) in [4.78, 5) is 23.7. The van der Waals surface area contributed by atoms with Crippen LogP contribution in [0.2, 0.25) is 5.02 Å². The van der Waals surface area contributed by atoms with Crippen LogP contribution in [0.25, 0.3) is 10.9 Å². The van der Waals surface area contributed by atoms with E-state index in [-0.39, 0.29) is 5.91 Å². The molecule has 0 saturated heterocycles. The molecule has 0 bridgehead atoms. The van der Waals surface area contributed by atoms with Crippen LogP contribution in [0.5, 0.6) is 0 Å². The number of amides is 2. The van der Waals surface area contributed by atoms with Crippen molar-refractivity contribution < 1.29 is 9.59 Å². The number of hydrogen-bond donors (Lipinski definition) is 2. The van der Waals surface area contributed by atoms with Crippen molar-refractivity contribution in [2.75, 3.05) is 0 Å². The Morgan fingerprint density at radius 3 is 2.64 bits per heavy atom. The quantitative estimate of drug-likeness (QED) is 0.676. The monoisotopic (exact) mass is 419 g/mol. The fourth-order valence-corrected chi connectivity index (χ4v) is 3.45. The molecule has 0 aliphatic heterocycles. The van der Waals surface area contributed by atoms with E-state index in [1.165, 1.54) is 0 Å². The Labute approximate surface area is 157 Å². The Hall–Kier alpha value is -2.31. The van der Waals surface area contributed by atoms with Gasteiger partial charge in [0.1, 0.15) is 5.69 Å². The normalized spacial score (nSPS) is 10.8. The molecule has 0 fully saturated rings. The van der Waals surface area contributed by atoms with E-state index < -0.39 is 5.91 Å². The van der Waals surface area contributed by atoms with Crippen LogP contribution in [0.3, 0.4) is 0 Å². The van der Waals surface area contributed by atoms with Gasteiger partial charge in [-0.25, -0.2) is 0 Å². The molecule has 3 rings (SSSR count). The largest absolute Gasteiger partial charge is 0.366 e. The van der Waals surface area contributed by atoms with Crippen molar-refractivity contribution in [1.29, 1.82) is 0 Å². The number of nitrogens with two attached hydrogens (primary N) is 1. The number of primary amides is 1. The molecule has 0 unspecified atom stereocenters. The van der Waals surface area contributed by atoms with E-state index in [2.05, 4.69) is 21.2 Å². The van der Waals surface area contributed by atoms with Gasteiger partial charge in [-0.3, -0.25) is 9.59 Å². The predicted molar refractivity (Wildman–Crippen MR) is 102 cm³/mol. The summed E-state index contributed by atoms with van der Waals surface area (Å²) in [5, 5.41) is 4.45. The molecule has 2 amide bonds. The summed E-state index contributed by atoms with van der Waals surface area (Å²) >= 11 is 9.33. The number of nitrogens with one attached hydrogen (secondary N) is 1. The highest BCUT2D eigenvalue weighted by Crippen LogP contribution is 2.23. The van der Waals surface area contributed by atoms with Gasteiger partial charge in [-0.05, 0) is 51.8 Å². The summed E-state index contributed by atoms with van der Waals surface area (Å²) in [6, 6.07) is 12.5. The lowest BCUT2D eigenvalue weighted by atomic mass is 10.1. The topological polar surface area (TPSA) is 77.1 Å². The van der Waals surface area contributed by atoms with Crippen molar-refractivity contribution in [3.63, 3.8) is 0 Å². The molecule has 1 heterocycles. The predicted octanol–water partition coefficient (Wildman–Crippen LogP) is 3.62. The van der Waals surface area contributed by atoms with Gasteiger partial charge in [-0.2, -0.15) is 0 Å². The first-order valence-electron chi connectivity index (χ1n) is 7.48. The number of aromatic nitrogens is 1. The van der Waals surface area contributed by atoms with Gasteiger partial charge in [0.2, 0.25) is 5.91 Å². The molecule has 7 heteroatoms. The summed E-state index contributed by atoms with van der Waals surface area (Å²) in [5.74, 6) is -0.693. The van der Waals surface area contributed by atoms with Crippen LogP contribution in [0, 0.1) is 0 Å². The fraction of sp³-hybridized carbons (Fsp3) is 0.111. The SMILES string of the molecule is Cn1c(C(=O)NCc2ccc(C(N)=O)c(Br)c2)cc2ccc(Cl)cc21. The second-order valence-corrected chi connectivity index (χ2v) is 6.94. The van der Waals surface area contributed by atoms with Crippen molar-refractivity contribution in [3.8, 4) is 0 Å². The minimum absolute atomic E-state index is 0.190. The summed E-state index contributed by atoms with van der Waals surface area (Å²) in [5.41, 5.74) is 7.97. The minimum atomic E-state index is -0.503. The molecule has 0 radical (unpaired) electrons. The maximum absolute atomic E-state index is 12.5. The van der Waals surface area contributed by atoms with Gasteiger partial charge in [0, 0.05) is 34.0 Å². The van der Waals surface area contributed by atoms with Gasteiger partial charge in [0.05, 0.1) is 5.56 Å². The van der Waals surface area contributed by atoms with E-state index in [0.717, 1.165) is 16.5 Å². The summed E-state index contributed by atoms with van der Waals surface area (Å²) in [7, 11) is 1.83. The molecular weight excluding hydrogens is 406 g/mol. The van der Waals surface area contributed by atoms with E-state index in [0.29, 0.717) is 27.3 Å². The van der Waals surface area contributed by atoms with Gasteiger partial charge < -0.3 is 15.6 Å². The molecule has 3 N–H and O–H groups in total. The van der Waals surface area contributed by atoms with Crippen LogP contribution in [-0.2, 0) is 13.6 Å². The molecule has 5 nitrogen and oxygen atoms in total. The first kappa shape index (κ1) is 17.5. The minimum Gasteiger partial charge on any atom is -0.366 e. The Kier molecular flexibility index (Phi) is 4.83. The van der Waals surface area contributed by atoms with Crippen LogP contribution in [0.1, 0.15) is 26.4 Å². The third-order valence-electron chi connectivity index (χ3n) is 3.99. The van der Waals surface area contributed by atoms with Crippen molar-refractivity contribution in [1.82, 2.24) is 9.88 Å². The van der Waals surface area contributed by atoms with Crippen LogP contribution >= 0.6 is 27.5 Å². The summed E-state index contributed by atoms with van der Waals surface area (Å²) in [6.45, 7) is 0.332. The highest BCUT2D eigenvalue weighted by Gasteiger charge is 2.14. The van der Waals surface area contributed by atoms with Crippen molar-refractivity contribution in [2.24, 2.45) is 12.8 Å². The van der Waals surface area contributed by atoms with Crippen LogP contribution in [-0.4, -0.2) is 16.4 Å². The van der Waals surface area contributed by atoms with Gasteiger partial charge >= 0.3 is 0 Å². The maximum atomic E-state index is 12.5. The number of nitrogens with zero attached hydrogens (tertiary/aromatic N) is 1. The van der Waals surface area contributed by atoms with E-state index in [1.807, 2.05) is 29.8 Å². The number of halogens is 2. The number of carbonyl (C=O) groups excluding carboxylic acids is 2. The zero-order valence-corrected chi connectivity index (χ0v) is 15.7. The zero-order chi connectivity index (χ0) is 18.1. The molecule has 0 spiro atoms. The van der Waals surface area contributed by atoms with E-state index in [9.17, 15) is 9.59 Å². The Bertz CT molecular complexity index is 997. The molecular formula is C18H15BrClN3O2. The number of rotatable bonds is 4. The number of carbonyl (C=O) groups is 2. The average Bonchev–Trinajstić information content (AvgIpc) is 2.89. The standard InChI is InChI=1S/C18H15BrClN3O2/c1-23-15-8-12(20)4-3-11(15)7-16(23)18(25)22-9-10-2-5-13(17(21)24)14(19)6-10/h2-8H,9H2,1H3,(H2,21,24)(H,22,25). The third-order valence-corrected chi connectivity index (χ3v) is 4.88. The Morgan fingerprint density at radius 1 is 1.20 bits per heavy atom. The maximum Gasteiger partial charge on any atom is 0.268 e. The highest BCUT2D eigenvalue weighted by molar-refractivity contribution is 9.10. The Morgan fingerprint density at radius 2 is 1.96 bits per heavy atom. The first-order chi connectivity index (χ1) is 11.9. The molecule has 1 aromatic heterocycles. The molecule has 2 aromatic carbocycles. The van der Waals surface area contributed by atoms with Crippen molar-refractivity contribution >= 4 is 50.2 Å². The molecule has 0 atom stereocenters. The second-order valence-electron chi connectivity index (χ2n) is 5.65. The number of fused-ring (bicyclic) bond motifs is 1. The fourth-order valence-electron chi connectivity index (χ4n) is 2.66. The van der Waals surface area contributed by atoms with E-state index in [4.69, 9.17) is 17.3 Å². The second kappa shape index (κ2) is 6.90. The molecule has 0 saturated carbocycles. The zero-order valence-electron chi connectivity index (χ0n) is 13.3. The molecule has 128 valence electrons. The summed E-state index contributed by atoms with van der Waals surface area (Å²) in [6.07, 6.45) is 0. The van der Waals surface area contributed by atoms with E-state index >= 15 is 0 Å². The smallest absolute Gasteiger partial charge is 0.268 e. The van der Waals surface area contributed by atoms with Crippen molar-refractivity contribution in [3.05, 3.63) is 68.8 Å². The third kappa shape index (κ3) is 3.55. The first-order valence-corrected chi connectivity index (χ1v) is 8.65. The van der Waals surface area contributed by atoms with Crippen molar-refractivity contribution in [2.45, 2.75) is 6.54 Å². The van der Waals surface area contributed by atoms with E-state index in [1.54, 1.807) is 24.3 Å². The van der Waals surface area contributed by atoms with Crippen LogP contribution < -0.4 is 11.1 Å². The number of benzene rings is 2. The van der Waals surface area contributed by atoms with Gasteiger partial charge in [0.25, 0.3) is 5.91 Å². The van der Waals surface area contributed by atoms with Crippen LogP contribution in [0.15, 0.2) is 46.9 Å². The molecule has 0 aliphatic rings. The van der Waals surface area contributed by atoms with Gasteiger partial charge in [-0.15, -0.1) is 0 Å². The van der Waals surface area contributed by atoms with Crippen LogP contribution in [0.4, 0.5) is 0 Å². The lowest BCUT2D eigenvalue weighted by Crippen LogP contribution is -2.25. The molecule has 3 aromatic rings. The summed E-state index contributed by atoms with van der Waals surface area (Å²) < 4.78 is 2.41. The van der Waals surface area contributed by atoms with Gasteiger partial charge in [0.15, 0.2) is 0 Å². The average molecular weight is 421 g/mol. The van der Waals surface area contributed by atoms with Gasteiger partial charge in [-0.1, -0.05) is 23.7 Å². The lowest BCUT2D eigenvalue weighted by Gasteiger charge is -2.08. The Balaban J connectivity index is 1.78. The lowest BCUT2D eigenvalue weighted by molar-refractivity contribution is 0.0941. The number of aryl methyl sites for hydroxylation is 1. The highest BCUT2D eigenvalue weighted by atomic mass is 79.9.